The summed E-state index contributed by atoms with van der Waals surface area (Å²) in [6.45, 7) is 0.747. The zero-order chi connectivity index (χ0) is 16.8. The molecule has 0 aromatic carbocycles. The maximum absolute atomic E-state index is 12.0. The molecule has 0 saturated carbocycles. The van der Waals surface area contributed by atoms with Crippen LogP contribution in [-0.4, -0.2) is 30.0 Å². The summed E-state index contributed by atoms with van der Waals surface area (Å²) in [6.07, 6.45) is 6.30. The topological polar surface area (TPSA) is 83.1 Å². The fourth-order valence-corrected chi connectivity index (χ4v) is 3.78. The van der Waals surface area contributed by atoms with Gasteiger partial charge in [0.2, 0.25) is 0 Å². The lowest BCUT2D eigenvalue weighted by Gasteiger charge is -2.23. The summed E-state index contributed by atoms with van der Waals surface area (Å²) >= 11 is 1.75. The van der Waals surface area contributed by atoms with Gasteiger partial charge < -0.3 is 16.0 Å². The zero-order valence-corrected chi connectivity index (χ0v) is 14.1. The van der Waals surface area contributed by atoms with E-state index < -0.39 is 0 Å². The molecule has 2 aromatic heterocycles. The third-order valence-electron chi connectivity index (χ3n) is 3.98. The van der Waals surface area contributed by atoms with Gasteiger partial charge in [0, 0.05) is 30.4 Å². The number of urea groups is 1. The number of nitrogens with zero attached hydrogens (tertiary/aromatic N) is 1. The number of carbonyl (C=O) groups is 2. The highest BCUT2D eigenvalue weighted by molar-refractivity contribution is 7.10. The van der Waals surface area contributed by atoms with E-state index in [4.69, 9.17) is 0 Å². The van der Waals surface area contributed by atoms with Crippen molar-refractivity contribution in [3.8, 4) is 0 Å². The molecule has 0 fully saturated rings. The quantitative estimate of drug-likeness (QED) is 0.728. The minimum atomic E-state index is -0.199. The van der Waals surface area contributed by atoms with E-state index in [1.165, 1.54) is 16.6 Å². The summed E-state index contributed by atoms with van der Waals surface area (Å²) in [7, 11) is 0. The van der Waals surface area contributed by atoms with Crippen molar-refractivity contribution in [2.45, 2.75) is 25.3 Å². The van der Waals surface area contributed by atoms with Crippen LogP contribution in [-0.2, 0) is 6.42 Å². The first-order valence-electron chi connectivity index (χ1n) is 8.03. The van der Waals surface area contributed by atoms with Gasteiger partial charge in [0.1, 0.15) is 0 Å². The smallest absolute Gasteiger partial charge is 0.315 e. The predicted octanol–water partition coefficient (Wildman–Crippen LogP) is 2.25. The Morgan fingerprint density at radius 3 is 2.96 bits per heavy atom. The predicted molar refractivity (Wildman–Crippen MR) is 93.1 cm³/mol. The molecule has 6 nitrogen and oxygen atoms in total. The number of fused-ring (bicyclic) bond motifs is 1. The first-order chi connectivity index (χ1) is 11.7. The number of pyridine rings is 1. The summed E-state index contributed by atoms with van der Waals surface area (Å²) in [5, 5.41) is 10.6. The first-order valence-corrected chi connectivity index (χ1v) is 8.91. The third-order valence-corrected chi connectivity index (χ3v) is 4.97. The van der Waals surface area contributed by atoms with Gasteiger partial charge in [-0.15, -0.1) is 11.3 Å². The minimum Gasteiger partial charge on any atom is -0.350 e. The van der Waals surface area contributed by atoms with Crippen LogP contribution >= 0.6 is 11.3 Å². The summed E-state index contributed by atoms with van der Waals surface area (Å²) in [6, 6.07) is 5.39. The van der Waals surface area contributed by atoms with Crippen molar-refractivity contribution in [1.29, 1.82) is 0 Å². The Bertz CT molecular complexity index is 702. The van der Waals surface area contributed by atoms with Crippen molar-refractivity contribution in [2.24, 2.45) is 0 Å². The highest BCUT2D eigenvalue weighted by Crippen LogP contribution is 2.33. The van der Waals surface area contributed by atoms with Crippen LogP contribution in [0.4, 0.5) is 4.79 Å². The lowest BCUT2D eigenvalue weighted by atomic mass is 9.94. The zero-order valence-electron chi connectivity index (χ0n) is 13.2. The lowest BCUT2D eigenvalue weighted by Crippen LogP contribution is -2.42. The van der Waals surface area contributed by atoms with Gasteiger partial charge in [0.25, 0.3) is 5.91 Å². The van der Waals surface area contributed by atoms with Crippen molar-refractivity contribution in [2.75, 3.05) is 13.1 Å². The molecule has 3 amide bonds. The fourth-order valence-electron chi connectivity index (χ4n) is 2.80. The van der Waals surface area contributed by atoms with E-state index in [-0.39, 0.29) is 18.0 Å². The van der Waals surface area contributed by atoms with Crippen LogP contribution in [0.15, 0.2) is 36.0 Å². The van der Waals surface area contributed by atoms with E-state index in [0.717, 1.165) is 19.3 Å². The molecule has 3 rings (SSSR count). The van der Waals surface area contributed by atoms with Gasteiger partial charge in [0.05, 0.1) is 11.6 Å². The summed E-state index contributed by atoms with van der Waals surface area (Å²) < 4.78 is 0. The molecular weight excluding hydrogens is 324 g/mol. The second-order valence-corrected chi connectivity index (χ2v) is 6.64. The van der Waals surface area contributed by atoms with Crippen LogP contribution in [0.5, 0.6) is 0 Å². The molecule has 3 N–H and O–H groups in total. The van der Waals surface area contributed by atoms with E-state index in [0.29, 0.717) is 18.7 Å². The number of aromatic nitrogens is 1. The number of hydrogen-bond donors (Lipinski definition) is 3. The molecule has 0 saturated heterocycles. The van der Waals surface area contributed by atoms with Crippen molar-refractivity contribution < 1.29 is 9.59 Å². The van der Waals surface area contributed by atoms with E-state index in [2.05, 4.69) is 32.4 Å². The Kier molecular flexibility index (Phi) is 5.43. The molecule has 7 heteroatoms. The maximum atomic E-state index is 12.0. The summed E-state index contributed by atoms with van der Waals surface area (Å²) in [4.78, 5) is 29.1. The number of carbonyl (C=O) groups excluding carboxylic acids is 2. The summed E-state index contributed by atoms with van der Waals surface area (Å²) in [5.41, 5.74) is 1.75. The fraction of sp³-hybridized carbons (Fsp3) is 0.353. The van der Waals surface area contributed by atoms with Gasteiger partial charge >= 0.3 is 6.03 Å². The number of rotatable bonds is 5. The van der Waals surface area contributed by atoms with Gasteiger partial charge in [-0.25, -0.2) is 4.79 Å². The van der Waals surface area contributed by atoms with E-state index >= 15 is 0 Å². The number of nitrogens with one attached hydrogen (secondary N) is 3. The van der Waals surface area contributed by atoms with Gasteiger partial charge in [-0.2, -0.15) is 0 Å². The van der Waals surface area contributed by atoms with Gasteiger partial charge in [-0.3, -0.25) is 9.78 Å². The lowest BCUT2D eigenvalue weighted by molar-refractivity contribution is 0.0953. The Balaban J connectivity index is 1.39. The molecule has 0 spiro atoms. The van der Waals surface area contributed by atoms with Crippen molar-refractivity contribution in [1.82, 2.24) is 20.9 Å². The molecule has 2 heterocycles. The number of hydrogen-bond acceptors (Lipinski definition) is 4. The standard InChI is InChI=1S/C17H20N4O2S/c22-16(12-3-2-7-18-11-12)19-8-9-20-17(23)21-14-4-1-5-15-13(14)6-10-24-15/h2-3,6-7,10-11,14H,1,4-5,8-9H2,(H,19,22)(H2,20,21,23). The molecule has 126 valence electrons. The number of thiophene rings is 1. The minimum absolute atomic E-state index is 0.0879. The van der Waals surface area contributed by atoms with E-state index in [1.807, 2.05) is 0 Å². The van der Waals surface area contributed by atoms with Crippen molar-refractivity contribution >= 4 is 23.3 Å². The molecule has 1 aliphatic rings. The Hall–Kier alpha value is -2.41. The molecule has 1 unspecified atom stereocenters. The summed E-state index contributed by atoms with van der Waals surface area (Å²) in [5.74, 6) is -0.194. The molecule has 0 aliphatic heterocycles. The SMILES string of the molecule is O=C(NCCNC(=O)c1cccnc1)NC1CCCc2sccc21. The molecule has 2 aromatic rings. The van der Waals surface area contributed by atoms with Crippen LogP contribution < -0.4 is 16.0 Å². The van der Waals surface area contributed by atoms with E-state index in [1.54, 1.807) is 29.7 Å². The number of aryl methyl sites for hydroxylation is 1. The molecular formula is C17H20N4O2S. The number of amides is 3. The normalized spacial score (nSPS) is 16.1. The average molecular weight is 344 g/mol. The second kappa shape index (κ2) is 7.92. The largest absolute Gasteiger partial charge is 0.350 e. The van der Waals surface area contributed by atoms with Gasteiger partial charge in [0.15, 0.2) is 0 Å². The van der Waals surface area contributed by atoms with Crippen LogP contribution in [0.2, 0.25) is 0 Å². The highest BCUT2D eigenvalue weighted by atomic mass is 32.1. The Labute approximate surface area is 144 Å². The Morgan fingerprint density at radius 1 is 1.25 bits per heavy atom. The van der Waals surface area contributed by atoms with Crippen LogP contribution in [0, 0.1) is 0 Å². The molecule has 1 atom stereocenters. The first kappa shape index (κ1) is 16.4. The monoisotopic (exact) mass is 344 g/mol. The van der Waals surface area contributed by atoms with E-state index in [9.17, 15) is 9.59 Å². The average Bonchev–Trinajstić information content (AvgIpc) is 3.09. The van der Waals surface area contributed by atoms with Crippen LogP contribution in [0.1, 0.15) is 39.7 Å². The highest BCUT2D eigenvalue weighted by Gasteiger charge is 2.22. The Morgan fingerprint density at radius 2 is 2.12 bits per heavy atom. The molecule has 1 aliphatic carbocycles. The van der Waals surface area contributed by atoms with Crippen LogP contribution in [0.3, 0.4) is 0 Å². The molecule has 0 bridgehead atoms. The van der Waals surface area contributed by atoms with Crippen molar-refractivity contribution in [3.63, 3.8) is 0 Å². The van der Waals surface area contributed by atoms with Gasteiger partial charge in [-0.05, 0) is 48.4 Å². The third kappa shape index (κ3) is 4.11. The van der Waals surface area contributed by atoms with Gasteiger partial charge in [-0.1, -0.05) is 0 Å². The van der Waals surface area contributed by atoms with Crippen molar-refractivity contribution in [3.05, 3.63) is 52.0 Å². The second-order valence-electron chi connectivity index (χ2n) is 5.64. The maximum Gasteiger partial charge on any atom is 0.315 e. The molecule has 0 radical (unpaired) electrons. The molecule has 24 heavy (non-hydrogen) atoms. The van der Waals surface area contributed by atoms with Crippen LogP contribution in [0.25, 0.3) is 0 Å².